The van der Waals surface area contributed by atoms with E-state index in [1.54, 1.807) is 6.42 Å². The van der Waals surface area contributed by atoms with Gasteiger partial charge in [-0.1, -0.05) is 6.42 Å². The molecule has 17 heavy (non-hydrogen) atoms. The molecule has 3 rings (SSSR count). The summed E-state index contributed by atoms with van der Waals surface area (Å²) in [6.45, 7) is 3.92. The number of rotatable bonds is 5. The molecule has 1 saturated heterocycles. The first kappa shape index (κ1) is 12.0. The van der Waals surface area contributed by atoms with Crippen LogP contribution in [0, 0.1) is 17.8 Å². The molecule has 2 bridgehead atoms. The maximum Gasteiger partial charge on any atom is 0.00797 e. The van der Waals surface area contributed by atoms with E-state index in [2.05, 4.69) is 17.3 Å². The Morgan fingerprint density at radius 3 is 2.76 bits per heavy atom. The van der Waals surface area contributed by atoms with E-state index in [1.807, 2.05) is 0 Å². The topological polar surface area (TPSA) is 15.3 Å². The summed E-state index contributed by atoms with van der Waals surface area (Å²) in [5.41, 5.74) is 0. The van der Waals surface area contributed by atoms with E-state index < -0.39 is 0 Å². The molecule has 1 aliphatic heterocycles. The molecular weight excluding hydrogens is 208 g/mol. The average Bonchev–Trinajstić information content (AvgIpc) is 3.03. The van der Waals surface area contributed by atoms with Crippen LogP contribution >= 0.6 is 0 Å². The Labute approximate surface area is 106 Å². The van der Waals surface area contributed by atoms with Crippen molar-refractivity contribution in [1.29, 1.82) is 0 Å². The van der Waals surface area contributed by atoms with Crippen LogP contribution < -0.4 is 5.32 Å². The number of nitrogens with one attached hydrogen (secondary N) is 1. The SMILES string of the molecule is CN(CCC1CCCN1)CC1CC2CCC1C2. The third-order valence-electron chi connectivity index (χ3n) is 5.45. The van der Waals surface area contributed by atoms with Crippen LogP contribution in [-0.4, -0.2) is 37.6 Å². The van der Waals surface area contributed by atoms with Gasteiger partial charge in [-0.3, -0.25) is 0 Å². The number of nitrogens with zero attached hydrogens (tertiary/aromatic N) is 1. The predicted molar refractivity (Wildman–Crippen MR) is 72.1 cm³/mol. The van der Waals surface area contributed by atoms with Gasteiger partial charge in [0.25, 0.3) is 0 Å². The Bertz CT molecular complexity index is 247. The summed E-state index contributed by atoms with van der Waals surface area (Å²) in [6, 6.07) is 0.817. The van der Waals surface area contributed by atoms with Crippen LogP contribution in [0.4, 0.5) is 0 Å². The van der Waals surface area contributed by atoms with Crippen molar-refractivity contribution in [3.63, 3.8) is 0 Å². The summed E-state index contributed by atoms with van der Waals surface area (Å²) >= 11 is 0. The predicted octanol–water partition coefficient (Wildman–Crippen LogP) is 2.50. The van der Waals surface area contributed by atoms with Gasteiger partial charge in [-0.25, -0.2) is 0 Å². The molecule has 0 spiro atoms. The van der Waals surface area contributed by atoms with Gasteiger partial charge < -0.3 is 10.2 Å². The Balaban J connectivity index is 1.36. The Morgan fingerprint density at radius 1 is 1.18 bits per heavy atom. The summed E-state index contributed by atoms with van der Waals surface area (Å²) in [5.74, 6) is 3.23. The van der Waals surface area contributed by atoms with Gasteiger partial charge in [0.2, 0.25) is 0 Å². The van der Waals surface area contributed by atoms with Crippen molar-refractivity contribution >= 4 is 0 Å². The standard InChI is InChI=1S/C15H28N2/c1-17(8-6-15-3-2-7-16-15)11-14-10-12-4-5-13(14)9-12/h12-16H,2-11H2,1H3. The molecule has 0 radical (unpaired) electrons. The average molecular weight is 236 g/mol. The normalized spacial score (nSPS) is 40.6. The third-order valence-corrected chi connectivity index (χ3v) is 5.45. The highest BCUT2D eigenvalue weighted by Crippen LogP contribution is 2.48. The molecule has 4 unspecified atom stereocenters. The van der Waals surface area contributed by atoms with Crippen LogP contribution in [0.25, 0.3) is 0 Å². The zero-order valence-corrected chi connectivity index (χ0v) is 11.3. The van der Waals surface area contributed by atoms with Crippen molar-refractivity contribution in [1.82, 2.24) is 10.2 Å². The van der Waals surface area contributed by atoms with E-state index in [9.17, 15) is 0 Å². The minimum absolute atomic E-state index is 0.817. The smallest absolute Gasteiger partial charge is 0.00797 e. The molecule has 0 amide bonds. The second-order valence-corrected chi connectivity index (χ2v) is 6.78. The fourth-order valence-electron chi connectivity index (χ4n) is 4.47. The number of hydrogen-bond donors (Lipinski definition) is 1. The monoisotopic (exact) mass is 236 g/mol. The molecule has 3 fully saturated rings. The Hall–Kier alpha value is -0.0800. The summed E-state index contributed by atoms with van der Waals surface area (Å²) in [5, 5.41) is 3.61. The lowest BCUT2D eigenvalue weighted by Crippen LogP contribution is -2.33. The zero-order chi connectivity index (χ0) is 11.7. The van der Waals surface area contributed by atoms with Gasteiger partial charge in [-0.15, -0.1) is 0 Å². The minimum Gasteiger partial charge on any atom is -0.314 e. The molecule has 98 valence electrons. The molecule has 1 heterocycles. The lowest BCUT2D eigenvalue weighted by Gasteiger charge is -2.27. The fourth-order valence-corrected chi connectivity index (χ4v) is 4.47. The van der Waals surface area contributed by atoms with Crippen LogP contribution in [0.2, 0.25) is 0 Å². The number of hydrogen-bond acceptors (Lipinski definition) is 2. The zero-order valence-electron chi connectivity index (χ0n) is 11.3. The highest BCUT2D eigenvalue weighted by atomic mass is 15.1. The summed E-state index contributed by atoms with van der Waals surface area (Å²) in [6.07, 6.45) is 10.3. The van der Waals surface area contributed by atoms with Crippen molar-refractivity contribution in [2.75, 3.05) is 26.7 Å². The van der Waals surface area contributed by atoms with Crippen molar-refractivity contribution in [2.45, 2.75) is 51.0 Å². The van der Waals surface area contributed by atoms with E-state index in [0.717, 1.165) is 23.8 Å². The van der Waals surface area contributed by atoms with Gasteiger partial charge in [0.1, 0.15) is 0 Å². The third kappa shape index (κ3) is 2.85. The minimum atomic E-state index is 0.817. The van der Waals surface area contributed by atoms with Crippen LogP contribution in [0.3, 0.4) is 0 Å². The van der Waals surface area contributed by atoms with E-state index in [0.29, 0.717) is 0 Å². The molecule has 2 nitrogen and oxygen atoms in total. The Kier molecular flexibility index (Phi) is 3.72. The first-order valence-corrected chi connectivity index (χ1v) is 7.73. The first-order valence-electron chi connectivity index (χ1n) is 7.73. The second kappa shape index (κ2) is 5.27. The van der Waals surface area contributed by atoms with Gasteiger partial charge in [0.15, 0.2) is 0 Å². The highest BCUT2D eigenvalue weighted by Gasteiger charge is 2.39. The summed E-state index contributed by atoms with van der Waals surface area (Å²) in [4.78, 5) is 2.60. The van der Waals surface area contributed by atoms with Crippen LogP contribution in [0.15, 0.2) is 0 Å². The molecular formula is C15H28N2. The molecule has 2 saturated carbocycles. The molecule has 0 aromatic heterocycles. The van der Waals surface area contributed by atoms with Crippen molar-refractivity contribution in [3.8, 4) is 0 Å². The lowest BCUT2D eigenvalue weighted by molar-refractivity contribution is 0.213. The molecule has 0 aromatic rings. The lowest BCUT2D eigenvalue weighted by atomic mass is 9.88. The fraction of sp³-hybridized carbons (Fsp3) is 1.00. The van der Waals surface area contributed by atoms with E-state index in [-0.39, 0.29) is 0 Å². The first-order chi connectivity index (χ1) is 8.31. The molecule has 1 N–H and O–H groups in total. The maximum absolute atomic E-state index is 3.61. The van der Waals surface area contributed by atoms with Gasteiger partial charge in [0.05, 0.1) is 0 Å². The van der Waals surface area contributed by atoms with E-state index in [1.165, 1.54) is 58.2 Å². The molecule has 2 heteroatoms. The quantitative estimate of drug-likeness (QED) is 0.789. The van der Waals surface area contributed by atoms with Crippen LogP contribution in [0.1, 0.15) is 44.9 Å². The largest absolute Gasteiger partial charge is 0.314 e. The Morgan fingerprint density at radius 2 is 2.12 bits per heavy atom. The number of fused-ring (bicyclic) bond motifs is 2. The highest BCUT2D eigenvalue weighted by molar-refractivity contribution is 4.91. The van der Waals surface area contributed by atoms with Gasteiger partial charge >= 0.3 is 0 Å². The maximum atomic E-state index is 3.61. The van der Waals surface area contributed by atoms with Crippen molar-refractivity contribution in [2.24, 2.45) is 17.8 Å². The van der Waals surface area contributed by atoms with Crippen molar-refractivity contribution < 1.29 is 0 Å². The van der Waals surface area contributed by atoms with E-state index >= 15 is 0 Å². The van der Waals surface area contributed by atoms with Crippen LogP contribution in [0.5, 0.6) is 0 Å². The van der Waals surface area contributed by atoms with Gasteiger partial charge in [-0.2, -0.15) is 0 Å². The van der Waals surface area contributed by atoms with Gasteiger partial charge in [0, 0.05) is 12.6 Å². The second-order valence-electron chi connectivity index (χ2n) is 6.78. The summed E-state index contributed by atoms with van der Waals surface area (Å²) in [7, 11) is 2.33. The van der Waals surface area contributed by atoms with Gasteiger partial charge in [-0.05, 0) is 76.4 Å². The summed E-state index contributed by atoms with van der Waals surface area (Å²) < 4.78 is 0. The van der Waals surface area contributed by atoms with Crippen molar-refractivity contribution in [3.05, 3.63) is 0 Å². The van der Waals surface area contributed by atoms with E-state index in [4.69, 9.17) is 0 Å². The molecule has 2 aliphatic carbocycles. The molecule has 4 atom stereocenters. The molecule has 0 aromatic carbocycles. The van der Waals surface area contributed by atoms with Crippen LogP contribution in [-0.2, 0) is 0 Å². The molecule has 3 aliphatic rings.